The van der Waals surface area contributed by atoms with E-state index in [1.54, 1.807) is 6.92 Å². The Kier molecular flexibility index (Phi) is 7.36. The molecule has 1 saturated heterocycles. The van der Waals surface area contributed by atoms with E-state index in [1.165, 1.54) is 16.9 Å². The number of carbonyl (C=O) groups excluding carboxylic acids is 2. The summed E-state index contributed by atoms with van der Waals surface area (Å²) in [5, 5.41) is 3.57. The maximum Gasteiger partial charge on any atom is 0.350 e. The Balaban J connectivity index is 1.22. The number of ether oxygens (including phenoxy) is 1. The van der Waals surface area contributed by atoms with Crippen LogP contribution in [0.25, 0.3) is 0 Å². The summed E-state index contributed by atoms with van der Waals surface area (Å²) in [7, 11) is 0. The van der Waals surface area contributed by atoms with Crippen molar-refractivity contribution in [3.8, 4) is 0 Å². The SMILES string of the molecule is Cc1nc(C)c(C(=O)OCC(=O)Nc2ccc(N3CCN(Cc4ccccc4)CC3)cc2)s1. The van der Waals surface area contributed by atoms with E-state index in [1.807, 2.05) is 37.3 Å². The van der Waals surface area contributed by atoms with Gasteiger partial charge in [-0.3, -0.25) is 9.69 Å². The Morgan fingerprint density at radius 1 is 1.00 bits per heavy atom. The summed E-state index contributed by atoms with van der Waals surface area (Å²) in [5.74, 6) is -0.889. The molecular formula is C25H28N4O3S. The van der Waals surface area contributed by atoms with Crippen LogP contribution in [0.1, 0.15) is 25.9 Å². The molecule has 1 N–H and O–H groups in total. The van der Waals surface area contributed by atoms with E-state index in [-0.39, 0.29) is 12.5 Å². The van der Waals surface area contributed by atoms with Gasteiger partial charge in [0.2, 0.25) is 0 Å². The summed E-state index contributed by atoms with van der Waals surface area (Å²) in [5.41, 5.74) is 3.77. The quantitative estimate of drug-likeness (QED) is 0.535. The highest BCUT2D eigenvalue weighted by Crippen LogP contribution is 2.21. The second-order valence-electron chi connectivity index (χ2n) is 8.07. The molecule has 2 aromatic carbocycles. The van der Waals surface area contributed by atoms with E-state index in [2.05, 4.69) is 44.4 Å². The van der Waals surface area contributed by atoms with Crippen LogP contribution in [-0.2, 0) is 16.1 Å². The van der Waals surface area contributed by atoms with Crippen LogP contribution in [0.15, 0.2) is 54.6 Å². The Morgan fingerprint density at radius 2 is 1.70 bits per heavy atom. The second kappa shape index (κ2) is 10.6. The van der Waals surface area contributed by atoms with Crippen molar-refractivity contribution in [1.29, 1.82) is 0 Å². The molecule has 1 amide bonds. The molecule has 2 heterocycles. The number of aromatic nitrogens is 1. The molecule has 7 nitrogen and oxygen atoms in total. The number of aryl methyl sites for hydroxylation is 2. The van der Waals surface area contributed by atoms with Crippen molar-refractivity contribution in [3.63, 3.8) is 0 Å². The molecule has 0 saturated carbocycles. The molecule has 4 rings (SSSR count). The van der Waals surface area contributed by atoms with Crippen molar-refractivity contribution in [2.45, 2.75) is 20.4 Å². The molecule has 0 atom stereocenters. The maximum absolute atomic E-state index is 12.2. The summed E-state index contributed by atoms with van der Waals surface area (Å²) < 4.78 is 5.13. The first-order valence-corrected chi connectivity index (χ1v) is 11.8. The molecule has 1 fully saturated rings. The van der Waals surface area contributed by atoms with E-state index < -0.39 is 5.97 Å². The molecular weight excluding hydrogens is 436 g/mol. The largest absolute Gasteiger partial charge is 0.451 e. The van der Waals surface area contributed by atoms with Crippen molar-refractivity contribution in [2.75, 3.05) is 43.0 Å². The van der Waals surface area contributed by atoms with E-state index in [9.17, 15) is 9.59 Å². The molecule has 0 radical (unpaired) electrons. The van der Waals surface area contributed by atoms with E-state index in [4.69, 9.17) is 4.74 Å². The minimum atomic E-state index is -0.519. The van der Waals surface area contributed by atoms with Crippen LogP contribution in [-0.4, -0.2) is 54.5 Å². The predicted molar refractivity (Wildman–Crippen MR) is 131 cm³/mol. The van der Waals surface area contributed by atoms with Crippen LogP contribution in [0, 0.1) is 13.8 Å². The smallest absolute Gasteiger partial charge is 0.350 e. The van der Waals surface area contributed by atoms with Crippen molar-refractivity contribution in [1.82, 2.24) is 9.88 Å². The number of carbonyl (C=O) groups is 2. The number of rotatable bonds is 7. The summed E-state index contributed by atoms with van der Waals surface area (Å²) in [6, 6.07) is 18.3. The number of anilines is 2. The molecule has 0 spiro atoms. The number of piperazine rings is 1. The number of thiazole rings is 1. The molecule has 0 aliphatic carbocycles. The third kappa shape index (κ3) is 6.18. The third-order valence-electron chi connectivity index (χ3n) is 5.56. The number of amides is 1. The Bertz CT molecular complexity index is 1090. The van der Waals surface area contributed by atoms with Crippen LogP contribution < -0.4 is 10.2 Å². The van der Waals surface area contributed by atoms with Gasteiger partial charge in [0.25, 0.3) is 5.91 Å². The van der Waals surface area contributed by atoms with Gasteiger partial charge in [0.05, 0.1) is 10.7 Å². The molecule has 172 valence electrons. The highest BCUT2D eigenvalue weighted by Gasteiger charge is 2.18. The number of benzene rings is 2. The lowest BCUT2D eigenvalue weighted by Crippen LogP contribution is -2.45. The third-order valence-corrected chi connectivity index (χ3v) is 6.61. The van der Waals surface area contributed by atoms with Gasteiger partial charge in [-0.1, -0.05) is 30.3 Å². The minimum absolute atomic E-state index is 0.333. The second-order valence-corrected chi connectivity index (χ2v) is 9.27. The highest BCUT2D eigenvalue weighted by molar-refractivity contribution is 7.13. The summed E-state index contributed by atoms with van der Waals surface area (Å²) >= 11 is 1.27. The fourth-order valence-electron chi connectivity index (χ4n) is 3.88. The van der Waals surface area contributed by atoms with Crippen LogP contribution in [0.3, 0.4) is 0 Å². The molecule has 0 bridgehead atoms. The van der Waals surface area contributed by atoms with Crippen molar-refractivity contribution in [2.24, 2.45) is 0 Å². The first-order chi connectivity index (χ1) is 16.0. The lowest BCUT2D eigenvalue weighted by atomic mass is 10.2. The zero-order valence-electron chi connectivity index (χ0n) is 18.9. The number of esters is 1. The molecule has 3 aromatic rings. The average molecular weight is 465 g/mol. The Morgan fingerprint density at radius 3 is 2.33 bits per heavy atom. The molecule has 8 heteroatoms. The van der Waals surface area contributed by atoms with E-state index in [0.717, 1.165) is 43.4 Å². The zero-order valence-corrected chi connectivity index (χ0v) is 19.7. The molecule has 1 aliphatic rings. The lowest BCUT2D eigenvalue weighted by molar-refractivity contribution is -0.119. The van der Waals surface area contributed by atoms with Crippen LogP contribution in [0.2, 0.25) is 0 Å². The van der Waals surface area contributed by atoms with Crippen LogP contribution in [0.5, 0.6) is 0 Å². The predicted octanol–water partition coefficient (Wildman–Crippen LogP) is 3.88. The van der Waals surface area contributed by atoms with Gasteiger partial charge in [-0.05, 0) is 43.7 Å². The van der Waals surface area contributed by atoms with Gasteiger partial charge in [-0.15, -0.1) is 11.3 Å². The summed E-state index contributed by atoms with van der Waals surface area (Å²) in [6.07, 6.45) is 0. The first-order valence-electron chi connectivity index (χ1n) is 11.0. The minimum Gasteiger partial charge on any atom is -0.451 e. The van der Waals surface area contributed by atoms with E-state index >= 15 is 0 Å². The molecule has 1 aliphatic heterocycles. The highest BCUT2D eigenvalue weighted by atomic mass is 32.1. The van der Waals surface area contributed by atoms with Gasteiger partial charge in [0.15, 0.2) is 6.61 Å². The number of hydrogen-bond acceptors (Lipinski definition) is 7. The monoisotopic (exact) mass is 464 g/mol. The fourth-order valence-corrected chi connectivity index (χ4v) is 4.69. The van der Waals surface area contributed by atoms with Gasteiger partial charge in [-0.2, -0.15) is 0 Å². The summed E-state index contributed by atoms with van der Waals surface area (Å²) in [4.78, 5) is 33.8. The van der Waals surface area contributed by atoms with Crippen molar-refractivity contribution >= 4 is 34.6 Å². The van der Waals surface area contributed by atoms with Gasteiger partial charge in [-0.25, -0.2) is 9.78 Å². The topological polar surface area (TPSA) is 74.8 Å². The molecule has 33 heavy (non-hydrogen) atoms. The van der Waals surface area contributed by atoms with Gasteiger partial charge < -0.3 is 15.0 Å². The van der Waals surface area contributed by atoms with E-state index in [0.29, 0.717) is 16.3 Å². The maximum atomic E-state index is 12.2. The van der Waals surface area contributed by atoms with Crippen molar-refractivity contribution in [3.05, 3.63) is 75.7 Å². The Hall–Kier alpha value is -3.23. The van der Waals surface area contributed by atoms with Crippen LogP contribution in [0.4, 0.5) is 11.4 Å². The zero-order chi connectivity index (χ0) is 23.2. The fraction of sp³-hybridized carbons (Fsp3) is 0.320. The Labute approximate surface area is 198 Å². The van der Waals surface area contributed by atoms with Gasteiger partial charge in [0, 0.05) is 44.1 Å². The van der Waals surface area contributed by atoms with Crippen molar-refractivity contribution < 1.29 is 14.3 Å². The number of hydrogen-bond donors (Lipinski definition) is 1. The summed E-state index contributed by atoms with van der Waals surface area (Å²) in [6.45, 7) is 8.18. The lowest BCUT2D eigenvalue weighted by Gasteiger charge is -2.36. The van der Waals surface area contributed by atoms with Crippen LogP contribution >= 0.6 is 11.3 Å². The molecule has 1 aromatic heterocycles. The number of nitrogens with zero attached hydrogens (tertiary/aromatic N) is 3. The average Bonchev–Trinajstić information content (AvgIpc) is 3.17. The standard InChI is InChI=1S/C25H28N4O3S/c1-18-24(33-19(2)26-18)25(31)32-17-23(30)27-21-8-10-22(11-9-21)29-14-12-28(13-15-29)16-20-6-4-3-5-7-20/h3-11H,12-17H2,1-2H3,(H,27,30). The van der Waals surface area contributed by atoms with Gasteiger partial charge >= 0.3 is 5.97 Å². The molecule has 0 unspecified atom stereocenters. The number of nitrogens with one attached hydrogen (secondary N) is 1. The van der Waals surface area contributed by atoms with Gasteiger partial charge in [0.1, 0.15) is 4.88 Å². The first kappa shape index (κ1) is 22.9. The normalized spacial score (nSPS) is 14.2.